The third kappa shape index (κ3) is 3.17. The average Bonchev–Trinajstić information content (AvgIpc) is 2.21. The Hall–Kier alpha value is -0.220. The van der Waals surface area contributed by atoms with Crippen LogP contribution in [0, 0.1) is 5.82 Å². The number of halogens is 3. The fourth-order valence-electron chi connectivity index (χ4n) is 1.11. The number of ketones is 1. The second-order valence-electron chi connectivity index (χ2n) is 2.91. The van der Waals surface area contributed by atoms with Gasteiger partial charge in [0.2, 0.25) is 0 Å². The van der Waals surface area contributed by atoms with E-state index in [0.717, 1.165) is 5.56 Å². The topological polar surface area (TPSA) is 17.1 Å². The van der Waals surface area contributed by atoms with Crippen LogP contribution in [-0.2, 0) is 16.5 Å². The summed E-state index contributed by atoms with van der Waals surface area (Å²) < 4.78 is 13.2. The lowest BCUT2D eigenvalue weighted by atomic mass is 10.1. The predicted octanol–water partition coefficient (Wildman–Crippen LogP) is 3.23. The van der Waals surface area contributed by atoms with Gasteiger partial charge in [0.15, 0.2) is 0 Å². The first-order chi connectivity index (χ1) is 6.67. The SMILES string of the molecule is O=C(CBr)Cc1cc(CBr)ccc1F. The molecule has 1 aromatic carbocycles. The Morgan fingerprint density at radius 2 is 2.07 bits per heavy atom. The van der Waals surface area contributed by atoms with Crippen molar-refractivity contribution in [3.05, 3.63) is 35.1 Å². The minimum absolute atomic E-state index is 0.0179. The molecule has 0 aliphatic heterocycles. The summed E-state index contributed by atoms with van der Waals surface area (Å²) in [5.74, 6) is -0.334. The van der Waals surface area contributed by atoms with Gasteiger partial charge in [0.05, 0.1) is 5.33 Å². The minimum atomic E-state index is -0.316. The van der Waals surface area contributed by atoms with Crippen molar-refractivity contribution >= 4 is 37.6 Å². The van der Waals surface area contributed by atoms with E-state index in [1.165, 1.54) is 6.07 Å². The molecule has 0 saturated carbocycles. The second-order valence-corrected chi connectivity index (χ2v) is 4.03. The number of carbonyl (C=O) groups is 1. The fourth-order valence-corrected chi connectivity index (χ4v) is 1.65. The number of hydrogen-bond donors (Lipinski definition) is 0. The molecule has 76 valence electrons. The van der Waals surface area contributed by atoms with Crippen molar-refractivity contribution in [1.82, 2.24) is 0 Å². The van der Waals surface area contributed by atoms with Crippen LogP contribution in [-0.4, -0.2) is 11.1 Å². The van der Waals surface area contributed by atoms with Crippen molar-refractivity contribution in [2.45, 2.75) is 11.8 Å². The van der Waals surface area contributed by atoms with Gasteiger partial charge >= 0.3 is 0 Å². The van der Waals surface area contributed by atoms with Crippen molar-refractivity contribution in [2.24, 2.45) is 0 Å². The molecule has 4 heteroatoms. The molecule has 0 N–H and O–H groups in total. The minimum Gasteiger partial charge on any atom is -0.298 e. The van der Waals surface area contributed by atoms with Crippen LogP contribution in [0.3, 0.4) is 0 Å². The molecule has 0 radical (unpaired) electrons. The fraction of sp³-hybridized carbons (Fsp3) is 0.300. The summed E-state index contributed by atoms with van der Waals surface area (Å²) in [6, 6.07) is 4.81. The molecule has 1 nitrogen and oxygen atoms in total. The van der Waals surface area contributed by atoms with Crippen molar-refractivity contribution in [1.29, 1.82) is 0 Å². The Morgan fingerprint density at radius 3 is 2.64 bits per heavy atom. The van der Waals surface area contributed by atoms with Gasteiger partial charge in [0, 0.05) is 11.8 Å². The van der Waals surface area contributed by atoms with Crippen molar-refractivity contribution in [3.8, 4) is 0 Å². The van der Waals surface area contributed by atoms with E-state index >= 15 is 0 Å². The van der Waals surface area contributed by atoms with Gasteiger partial charge in [-0.1, -0.05) is 44.0 Å². The summed E-state index contributed by atoms with van der Waals surface area (Å²) in [5.41, 5.74) is 1.44. The molecule has 14 heavy (non-hydrogen) atoms. The maximum absolute atomic E-state index is 13.2. The quantitative estimate of drug-likeness (QED) is 0.777. The lowest BCUT2D eigenvalue weighted by Gasteiger charge is -2.03. The molecule has 0 atom stereocenters. The molecule has 0 heterocycles. The molecule has 0 fully saturated rings. The van der Waals surface area contributed by atoms with E-state index in [1.54, 1.807) is 12.1 Å². The smallest absolute Gasteiger partial charge is 0.147 e. The van der Waals surface area contributed by atoms with Gasteiger partial charge in [-0.3, -0.25) is 4.79 Å². The molecule has 0 aromatic heterocycles. The molecule has 1 aromatic rings. The van der Waals surface area contributed by atoms with Gasteiger partial charge in [-0.2, -0.15) is 0 Å². The highest BCUT2D eigenvalue weighted by Crippen LogP contribution is 2.14. The number of carbonyl (C=O) groups excluding carboxylic acids is 1. The Kier molecular flexibility index (Phi) is 4.75. The van der Waals surface area contributed by atoms with Crippen LogP contribution in [0.25, 0.3) is 0 Å². The van der Waals surface area contributed by atoms with Crippen molar-refractivity contribution < 1.29 is 9.18 Å². The monoisotopic (exact) mass is 322 g/mol. The molecule has 0 unspecified atom stereocenters. The normalized spacial score (nSPS) is 10.2. The summed E-state index contributed by atoms with van der Waals surface area (Å²) in [5, 5.41) is 0.938. The Bertz CT molecular complexity index is 339. The first-order valence-electron chi connectivity index (χ1n) is 4.08. The molecule has 0 amide bonds. The summed E-state index contributed by atoms with van der Waals surface area (Å²) in [7, 11) is 0. The highest BCUT2D eigenvalue weighted by Gasteiger charge is 2.07. The lowest BCUT2D eigenvalue weighted by molar-refractivity contribution is -0.115. The summed E-state index contributed by atoms with van der Waals surface area (Å²) >= 11 is 6.33. The van der Waals surface area contributed by atoms with E-state index in [0.29, 0.717) is 10.9 Å². The standard InChI is InChI=1S/C10H9Br2FO/c11-5-7-1-2-10(13)8(3-7)4-9(14)6-12/h1-3H,4-6H2. The molecule has 0 aliphatic rings. The van der Waals surface area contributed by atoms with Crippen LogP contribution in [0.5, 0.6) is 0 Å². The Morgan fingerprint density at radius 1 is 1.36 bits per heavy atom. The van der Waals surface area contributed by atoms with Crippen LogP contribution in [0.15, 0.2) is 18.2 Å². The first-order valence-corrected chi connectivity index (χ1v) is 6.32. The van der Waals surface area contributed by atoms with Crippen molar-refractivity contribution in [2.75, 3.05) is 5.33 Å². The van der Waals surface area contributed by atoms with Gasteiger partial charge < -0.3 is 0 Å². The number of Topliss-reactive ketones (excluding diaryl/α,β-unsaturated/α-hetero) is 1. The van der Waals surface area contributed by atoms with E-state index in [9.17, 15) is 9.18 Å². The molecule has 0 bridgehead atoms. The van der Waals surface area contributed by atoms with Gasteiger partial charge in [-0.05, 0) is 17.2 Å². The highest BCUT2D eigenvalue weighted by molar-refractivity contribution is 9.09. The van der Waals surface area contributed by atoms with Gasteiger partial charge in [-0.25, -0.2) is 4.39 Å². The maximum Gasteiger partial charge on any atom is 0.147 e. The van der Waals surface area contributed by atoms with Crippen LogP contribution < -0.4 is 0 Å². The molecule has 0 spiro atoms. The molecular formula is C10H9Br2FO. The number of benzene rings is 1. The zero-order valence-corrected chi connectivity index (χ0v) is 10.6. The number of hydrogen-bond acceptors (Lipinski definition) is 1. The summed E-state index contributed by atoms with van der Waals surface area (Å²) in [6.45, 7) is 0. The van der Waals surface area contributed by atoms with Gasteiger partial charge in [0.1, 0.15) is 11.6 Å². The zero-order chi connectivity index (χ0) is 10.6. The largest absolute Gasteiger partial charge is 0.298 e. The average molecular weight is 324 g/mol. The van der Waals surface area contributed by atoms with Crippen LogP contribution in [0.2, 0.25) is 0 Å². The Labute approximate surface area is 99.0 Å². The van der Waals surface area contributed by atoms with Crippen LogP contribution >= 0.6 is 31.9 Å². The second kappa shape index (κ2) is 5.61. The molecule has 0 aliphatic carbocycles. The predicted molar refractivity (Wildman–Crippen MR) is 61.5 cm³/mol. The third-order valence-electron chi connectivity index (χ3n) is 1.80. The van der Waals surface area contributed by atoms with E-state index < -0.39 is 0 Å². The molecule has 1 rings (SSSR count). The van der Waals surface area contributed by atoms with Crippen LogP contribution in [0.4, 0.5) is 4.39 Å². The summed E-state index contributed by atoms with van der Waals surface area (Å²) in [4.78, 5) is 11.1. The summed E-state index contributed by atoms with van der Waals surface area (Å²) in [6.07, 6.45) is 0.151. The first kappa shape index (κ1) is 11.9. The highest BCUT2D eigenvalue weighted by atomic mass is 79.9. The van der Waals surface area contributed by atoms with Gasteiger partial charge in [-0.15, -0.1) is 0 Å². The van der Waals surface area contributed by atoms with E-state index in [4.69, 9.17) is 0 Å². The molecular weight excluding hydrogens is 315 g/mol. The van der Waals surface area contributed by atoms with E-state index in [-0.39, 0.29) is 23.4 Å². The van der Waals surface area contributed by atoms with Crippen molar-refractivity contribution in [3.63, 3.8) is 0 Å². The molecule has 0 saturated heterocycles. The van der Waals surface area contributed by atoms with Gasteiger partial charge in [0.25, 0.3) is 0 Å². The van der Waals surface area contributed by atoms with E-state index in [1.807, 2.05) is 0 Å². The Balaban J connectivity index is 2.89. The zero-order valence-electron chi connectivity index (χ0n) is 7.40. The lowest BCUT2D eigenvalue weighted by Crippen LogP contribution is -2.05. The number of rotatable bonds is 4. The number of alkyl halides is 2. The maximum atomic E-state index is 13.2. The van der Waals surface area contributed by atoms with E-state index in [2.05, 4.69) is 31.9 Å². The van der Waals surface area contributed by atoms with Crippen LogP contribution in [0.1, 0.15) is 11.1 Å². The third-order valence-corrected chi connectivity index (χ3v) is 3.07.